The molecule has 168 valence electrons. The van der Waals surface area contributed by atoms with Crippen molar-refractivity contribution in [2.75, 3.05) is 78.3 Å². The molecule has 3 N–H and O–H groups in total. The topological polar surface area (TPSA) is 126 Å². The van der Waals surface area contributed by atoms with E-state index in [0.717, 1.165) is 58.9 Å². The van der Waals surface area contributed by atoms with Crippen LogP contribution in [0.1, 0.15) is 13.8 Å². The Kier molecular flexibility index (Phi) is 37.2. The molecule has 29 heavy (non-hydrogen) atoms. The van der Waals surface area contributed by atoms with E-state index in [1.54, 1.807) is 0 Å². The van der Waals surface area contributed by atoms with E-state index in [4.69, 9.17) is 23.4 Å². The van der Waals surface area contributed by atoms with Gasteiger partial charge in [0.1, 0.15) is 0 Å². The third kappa shape index (κ3) is 23.8. The fourth-order valence-electron chi connectivity index (χ4n) is 2.36. The number of rotatable bonds is 7. The van der Waals surface area contributed by atoms with Crippen molar-refractivity contribution in [2.45, 2.75) is 13.8 Å². The average molecular weight is 516 g/mol. The van der Waals surface area contributed by atoms with Gasteiger partial charge in [0.15, 0.2) is 0 Å². The van der Waals surface area contributed by atoms with Crippen LogP contribution in [-0.4, -0.2) is 104 Å². The van der Waals surface area contributed by atoms with Crippen molar-refractivity contribution in [3.05, 3.63) is 0 Å². The van der Waals surface area contributed by atoms with Gasteiger partial charge in [-0.05, 0) is 13.8 Å². The molecule has 1 saturated heterocycles. The molecule has 1 fully saturated rings. The molecule has 0 aromatic rings. The Morgan fingerprint density at radius 1 is 0.759 bits per heavy atom. The molecule has 0 bridgehead atoms. The second kappa shape index (κ2) is 29.9. The van der Waals surface area contributed by atoms with Gasteiger partial charge >= 0.3 is 7.60 Å². The summed E-state index contributed by atoms with van der Waals surface area (Å²) in [6.07, 6.45) is 0.455. The van der Waals surface area contributed by atoms with Crippen LogP contribution in [0, 0.1) is 0 Å². The van der Waals surface area contributed by atoms with Crippen molar-refractivity contribution >= 4 is 28.0 Å². The Hall–Kier alpha value is -0.312. The van der Waals surface area contributed by atoms with Gasteiger partial charge in [-0.25, -0.2) is 0 Å². The summed E-state index contributed by atoms with van der Waals surface area (Å²) in [6.45, 7) is 26.5. The zero-order chi connectivity index (χ0) is 22.1. The Morgan fingerprint density at radius 3 is 1.45 bits per heavy atom. The minimum absolute atomic E-state index is 0. The summed E-state index contributed by atoms with van der Waals surface area (Å²) in [4.78, 5) is 24.8. The van der Waals surface area contributed by atoms with Gasteiger partial charge in [-0.2, -0.15) is 0 Å². The maximum absolute atomic E-state index is 12.5. The first kappa shape index (κ1) is 36.1. The molecule has 10 nitrogen and oxygen atoms in total. The van der Waals surface area contributed by atoms with E-state index in [-0.39, 0.29) is 21.1 Å². The largest absolute Gasteiger partial charge is 0.331 e. The van der Waals surface area contributed by atoms with Gasteiger partial charge in [0.05, 0.1) is 19.4 Å². The smallest absolute Gasteiger partial charge is 0.314 e. The predicted octanol–water partition coefficient (Wildman–Crippen LogP) is -0.857. The molecular weight excluding hydrogens is 483 g/mol. The van der Waals surface area contributed by atoms with Crippen molar-refractivity contribution in [1.29, 1.82) is 0 Å². The van der Waals surface area contributed by atoms with E-state index < -0.39 is 7.60 Å². The molecular formula is C17H33MoN4O6P. The normalized spacial score (nSPS) is 15.8. The molecule has 12 heteroatoms. The van der Waals surface area contributed by atoms with Gasteiger partial charge in [-0.3, -0.25) is 18.9 Å². The molecule has 0 aromatic heterocycles. The summed E-state index contributed by atoms with van der Waals surface area (Å²) in [5.74, 6) is 0. The summed E-state index contributed by atoms with van der Waals surface area (Å²) in [5.41, 5.74) is 0. The van der Waals surface area contributed by atoms with E-state index in [1.165, 1.54) is 0 Å². The SMILES string of the molecule is CCOP(=O)(CCN1CCNCCNCCNCC1)OCC.[C]=O.[C]=O.[C]=O.[Mo]. The van der Waals surface area contributed by atoms with E-state index in [0.29, 0.717) is 19.4 Å². The van der Waals surface area contributed by atoms with Crippen molar-refractivity contribution < 1.29 is 49.1 Å². The number of nitrogens with zero attached hydrogens (tertiary/aromatic N) is 1. The third-order valence-corrected chi connectivity index (χ3v) is 5.56. The molecule has 6 radical (unpaired) electrons. The zero-order valence-corrected chi connectivity index (χ0v) is 20.1. The molecule has 0 atom stereocenters. The van der Waals surface area contributed by atoms with Crippen LogP contribution in [0.4, 0.5) is 0 Å². The fourth-order valence-corrected chi connectivity index (χ4v) is 4.01. The predicted molar refractivity (Wildman–Crippen MR) is 108 cm³/mol. The summed E-state index contributed by atoms with van der Waals surface area (Å²) in [5, 5.41) is 10.2. The first-order valence-electron chi connectivity index (χ1n) is 9.04. The summed E-state index contributed by atoms with van der Waals surface area (Å²) in [6, 6.07) is 0. The van der Waals surface area contributed by atoms with Crippen molar-refractivity contribution in [2.24, 2.45) is 0 Å². The van der Waals surface area contributed by atoms with Crippen LogP contribution in [0.3, 0.4) is 0 Å². The van der Waals surface area contributed by atoms with Crippen LogP contribution >= 0.6 is 7.60 Å². The molecule has 0 saturated carbocycles. The average Bonchev–Trinajstić information content (AvgIpc) is 2.72. The van der Waals surface area contributed by atoms with E-state index in [1.807, 2.05) is 13.8 Å². The van der Waals surface area contributed by atoms with Crippen LogP contribution in [0.5, 0.6) is 0 Å². The van der Waals surface area contributed by atoms with Gasteiger partial charge in [0.2, 0.25) is 0 Å². The Balaban J connectivity index is -0.000000407. The maximum atomic E-state index is 12.5. The number of nitrogens with one attached hydrogen (secondary N) is 3. The standard InChI is InChI=1S/C14H33N4O3P.3CO.Mo/c1-3-20-22(19,21-4-2)14-13-18-11-9-16-7-5-15-6-8-17-10-12-18;3*1-2;/h15-17H,3-14H2,1-2H3;;;;. The van der Waals surface area contributed by atoms with Crippen molar-refractivity contribution in [3.8, 4) is 0 Å². The van der Waals surface area contributed by atoms with Crippen molar-refractivity contribution in [1.82, 2.24) is 20.9 Å². The van der Waals surface area contributed by atoms with E-state index in [9.17, 15) is 4.57 Å². The Labute approximate surface area is 190 Å². The van der Waals surface area contributed by atoms with Crippen LogP contribution in [-0.2, 0) is 49.1 Å². The maximum Gasteiger partial charge on any atom is 0.331 e. The quantitative estimate of drug-likeness (QED) is 0.291. The van der Waals surface area contributed by atoms with Gasteiger partial charge in [-0.15, -0.1) is 0 Å². The van der Waals surface area contributed by atoms with Crippen LogP contribution < -0.4 is 16.0 Å². The van der Waals surface area contributed by atoms with Gasteiger partial charge in [0, 0.05) is 80.0 Å². The molecule has 0 unspecified atom stereocenters. The van der Waals surface area contributed by atoms with E-state index >= 15 is 0 Å². The van der Waals surface area contributed by atoms with Gasteiger partial charge < -0.3 is 29.9 Å². The first-order chi connectivity index (χ1) is 13.7. The number of carbonyl (C=O) groups excluding carboxylic acids is 3. The number of hydrogen-bond acceptors (Lipinski definition) is 10. The minimum Gasteiger partial charge on any atom is -0.314 e. The van der Waals surface area contributed by atoms with Gasteiger partial charge in [-0.1, -0.05) is 0 Å². The van der Waals surface area contributed by atoms with Crippen LogP contribution in [0.2, 0.25) is 0 Å². The Morgan fingerprint density at radius 2 is 1.10 bits per heavy atom. The van der Waals surface area contributed by atoms with Crippen LogP contribution in [0.15, 0.2) is 0 Å². The van der Waals surface area contributed by atoms with Crippen molar-refractivity contribution in [3.63, 3.8) is 0 Å². The molecule has 0 aliphatic carbocycles. The second-order valence-corrected chi connectivity index (χ2v) is 7.45. The first-order valence-corrected chi connectivity index (χ1v) is 10.8. The van der Waals surface area contributed by atoms with E-state index in [2.05, 4.69) is 41.2 Å². The fraction of sp³-hybridized carbons (Fsp3) is 0.824. The summed E-state index contributed by atoms with van der Waals surface area (Å²) < 4.78 is 23.3. The molecule has 1 heterocycles. The molecule has 0 spiro atoms. The molecule has 0 amide bonds. The molecule has 0 aromatic carbocycles. The molecule has 1 rings (SSSR count). The minimum atomic E-state index is -2.94. The molecule has 1 aliphatic heterocycles. The monoisotopic (exact) mass is 518 g/mol. The molecule has 1 aliphatic rings. The van der Waals surface area contributed by atoms with Gasteiger partial charge in [0.25, 0.3) is 20.4 Å². The Bertz CT molecular complexity index is 348. The number of hydrogen-bond donors (Lipinski definition) is 3. The summed E-state index contributed by atoms with van der Waals surface area (Å²) >= 11 is 0. The third-order valence-electron chi connectivity index (χ3n) is 3.51. The summed E-state index contributed by atoms with van der Waals surface area (Å²) in [7, 11) is -2.94. The zero-order valence-electron chi connectivity index (χ0n) is 17.2. The second-order valence-electron chi connectivity index (χ2n) is 5.26. The van der Waals surface area contributed by atoms with Crippen LogP contribution in [0.25, 0.3) is 0 Å².